The van der Waals surface area contributed by atoms with E-state index in [1.807, 2.05) is 33.8 Å². The minimum absolute atomic E-state index is 0.274. The van der Waals surface area contributed by atoms with Crippen LogP contribution >= 0.6 is 0 Å². The van der Waals surface area contributed by atoms with E-state index in [1.54, 1.807) is 0 Å². The fraction of sp³-hybridized carbons (Fsp3) is 0.600. The van der Waals surface area contributed by atoms with Crippen LogP contribution in [0.3, 0.4) is 0 Å². The fourth-order valence-corrected chi connectivity index (χ4v) is 2.79. The van der Waals surface area contributed by atoms with Crippen molar-refractivity contribution in [3.8, 4) is 0 Å². The molecule has 1 unspecified atom stereocenters. The van der Waals surface area contributed by atoms with Gasteiger partial charge >= 0.3 is 7.12 Å². The van der Waals surface area contributed by atoms with Crippen molar-refractivity contribution >= 4 is 12.6 Å². The molecule has 0 spiro atoms. The zero-order chi connectivity index (χ0) is 14.7. The number of aliphatic hydroxyl groups is 1. The predicted octanol–water partition coefficient (Wildman–Crippen LogP) is 2.10. The molecule has 0 saturated carbocycles. The molecule has 3 nitrogen and oxygen atoms in total. The zero-order valence-corrected chi connectivity index (χ0v) is 12.4. The monoisotopic (exact) mass is 278 g/mol. The van der Waals surface area contributed by atoms with Gasteiger partial charge in [0.05, 0.1) is 17.3 Å². The highest BCUT2D eigenvalue weighted by atomic mass is 19.1. The first-order chi connectivity index (χ1) is 9.21. The van der Waals surface area contributed by atoms with Crippen molar-refractivity contribution in [3.05, 3.63) is 29.1 Å². The Hall–Kier alpha value is -0.905. The smallest absolute Gasteiger partial charge is 0.399 e. The van der Waals surface area contributed by atoms with Gasteiger partial charge in [-0.25, -0.2) is 4.39 Å². The number of benzene rings is 1. The van der Waals surface area contributed by atoms with E-state index in [9.17, 15) is 9.50 Å². The Bertz CT molecular complexity index is 540. The third-order valence-corrected chi connectivity index (χ3v) is 4.80. The van der Waals surface area contributed by atoms with E-state index in [0.29, 0.717) is 29.4 Å². The van der Waals surface area contributed by atoms with Crippen molar-refractivity contribution in [2.75, 3.05) is 0 Å². The summed E-state index contributed by atoms with van der Waals surface area (Å²) in [5.74, 6) is -0.274. The van der Waals surface area contributed by atoms with Gasteiger partial charge in [-0.15, -0.1) is 0 Å². The number of rotatable bonds is 1. The van der Waals surface area contributed by atoms with Gasteiger partial charge in [0.15, 0.2) is 0 Å². The van der Waals surface area contributed by atoms with Crippen LogP contribution in [0.15, 0.2) is 12.1 Å². The molecule has 1 aliphatic heterocycles. The van der Waals surface area contributed by atoms with Crippen molar-refractivity contribution in [3.63, 3.8) is 0 Å². The molecule has 2 aliphatic rings. The van der Waals surface area contributed by atoms with Crippen LogP contribution in [0.5, 0.6) is 0 Å². The standard InChI is InChI=1S/C15H20BFO3/c1-14(2)15(3,4)20-16(19-14)9-7-11-10(12(17)8-9)5-6-13(11)18/h7-8,13,18H,5-6H2,1-4H3. The van der Waals surface area contributed by atoms with Gasteiger partial charge in [0, 0.05) is 0 Å². The molecule has 1 aliphatic carbocycles. The molecular weight excluding hydrogens is 258 g/mol. The lowest BCUT2D eigenvalue weighted by Crippen LogP contribution is -2.41. The maximum atomic E-state index is 14.1. The maximum absolute atomic E-state index is 14.1. The van der Waals surface area contributed by atoms with Crippen LogP contribution in [0.4, 0.5) is 4.39 Å². The summed E-state index contributed by atoms with van der Waals surface area (Å²) >= 11 is 0. The molecule has 0 radical (unpaired) electrons. The van der Waals surface area contributed by atoms with E-state index in [2.05, 4.69) is 0 Å². The average molecular weight is 278 g/mol. The van der Waals surface area contributed by atoms with Crippen molar-refractivity contribution in [2.45, 2.75) is 57.8 Å². The summed E-state index contributed by atoms with van der Waals surface area (Å²) in [4.78, 5) is 0. The Morgan fingerprint density at radius 1 is 1.20 bits per heavy atom. The van der Waals surface area contributed by atoms with E-state index in [0.717, 1.165) is 0 Å². The molecule has 1 atom stereocenters. The predicted molar refractivity (Wildman–Crippen MR) is 75.4 cm³/mol. The average Bonchev–Trinajstić information content (AvgIpc) is 2.79. The number of hydrogen-bond acceptors (Lipinski definition) is 3. The zero-order valence-electron chi connectivity index (χ0n) is 12.4. The lowest BCUT2D eigenvalue weighted by molar-refractivity contribution is 0.00578. The molecule has 1 fully saturated rings. The summed E-state index contributed by atoms with van der Waals surface area (Å²) in [7, 11) is -0.590. The van der Waals surface area contributed by atoms with Crippen molar-refractivity contribution < 1.29 is 18.8 Å². The SMILES string of the molecule is CC1(C)OB(c2cc(F)c3c(c2)C(O)CC3)OC1(C)C. The highest BCUT2D eigenvalue weighted by molar-refractivity contribution is 6.62. The van der Waals surface area contributed by atoms with E-state index in [1.165, 1.54) is 6.07 Å². The Morgan fingerprint density at radius 3 is 2.40 bits per heavy atom. The van der Waals surface area contributed by atoms with Crippen LogP contribution in [0.25, 0.3) is 0 Å². The molecule has 1 aromatic rings. The molecule has 5 heteroatoms. The largest absolute Gasteiger partial charge is 0.494 e. The van der Waals surface area contributed by atoms with E-state index in [4.69, 9.17) is 9.31 Å². The first-order valence-electron chi connectivity index (χ1n) is 7.07. The summed E-state index contributed by atoms with van der Waals surface area (Å²) in [5.41, 5.74) is 1.03. The van der Waals surface area contributed by atoms with Gasteiger partial charge in [-0.1, -0.05) is 6.07 Å². The second-order valence-electron chi connectivity index (χ2n) is 6.71. The lowest BCUT2D eigenvalue weighted by atomic mass is 9.77. The quantitative estimate of drug-likeness (QED) is 0.800. The molecule has 108 valence electrons. The second-order valence-corrected chi connectivity index (χ2v) is 6.71. The summed E-state index contributed by atoms with van der Waals surface area (Å²) in [6.45, 7) is 7.86. The molecule has 0 amide bonds. The molecule has 1 aromatic carbocycles. The highest BCUT2D eigenvalue weighted by Crippen LogP contribution is 2.37. The number of halogens is 1. The van der Waals surface area contributed by atoms with E-state index >= 15 is 0 Å². The maximum Gasteiger partial charge on any atom is 0.494 e. The highest BCUT2D eigenvalue weighted by Gasteiger charge is 2.52. The van der Waals surface area contributed by atoms with Gasteiger partial charge in [0.25, 0.3) is 0 Å². The molecule has 0 bridgehead atoms. The number of fused-ring (bicyclic) bond motifs is 1. The van der Waals surface area contributed by atoms with Gasteiger partial charge in [-0.05, 0) is 63.2 Å². The van der Waals surface area contributed by atoms with Crippen molar-refractivity contribution in [1.82, 2.24) is 0 Å². The van der Waals surface area contributed by atoms with E-state index < -0.39 is 24.4 Å². The van der Waals surface area contributed by atoms with Crippen LogP contribution in [-0.4, -0.2) is 23.4 Å². The number of aliphatic hydroxyl groups excluding tert-OH is 1. The first kappa shape index (κ1) is 14.0. The van der Waals surface area contributed by atoms with Crippen molar-refractivity contribution in [2.24, 2.45) is 0 Å². The molecule has 20 heavy (non-hydrogen) atoms. The summed E-state index contributed by atoms with van der Waals surface area (Å²) < 4.78 is 26.0. The molecule has 1 heterocycles. The third-order valence-electron chi connectivity index (χ3n) is 4.80. The molecule has 1 N–H and O–H groups in total. The van der Waals surface area contributed by atoms with Gasteiger partial charge in [0.1, 0.15) is 5.82 Å². The fourth-order valence-electron chi connectivity index (χ4n) is 2.79. The van der Waals surface area contributed by atoms with Crippen LogP contribution in [0.2, 0.25) is 0 Å². The Balaban J connectivity index is 1.97. The molecule has 0 aromatic heterocycles. The van der Waals surface area contributed by atoms with Gasteiger partial charge < -0.3 is 14.4 Å². The molecular formula is C15H20BFO3. The van der Waals surface area contributed by atoms with Crippen molar-refractivity contribution in [1.29, 1.82) is 0 Å². The number of hydrogen-bond donors (Lipinski definition) is 1. The summed E-state index contributed by atoms with van der Waals surface area (Å²) in [6.07, 6.45) is 0.590. The van der Waals surface area contributed by atoms with Gasteiger partial charge in [0.2, 0.25) is 0 Å². The van der Waals surface area contributed by atoms with Gasteiger partial charge in [-0.2, -0.15) is 0 Å². The van der Waals surface area contributed by atoms with Crippen LogP contribution in [-0.2, 0) is 15.7 Å². The summed E-state index contributed by atoms with van der Waals surface area (Å²) in [5, 5.41) is 9.93. The second kappa shape index (κ2) is 4.29. The first-order valence-corrected chi connectivity index (χ1v) is 7.07. The van der Waals surface area contributed by atoms with Gasteiger partial charge in [-0.3, -0.25) is 0 Å². The lowest BCUT2D eigenvalue weighted by Gasteiger charge is -2.32. The molecule has 3 rings (SSSR count). The third kappa shape index (κ3) is 2.00. The summed E-state index contributed by atoms with van der Waals surface area (Å²) in [6, 6.07) is 3.29. The Labute approximate surface area is 119 Å². The van der Waals surface area contributed by atoms with E-state index in [-0.39, 0.29) is 5.82 Å². The Kier molecular flexibility index (Phi) is 3.02. The Morgan fingerprint density at radius 2 is 1.80 bits per heavy atom. The minimum atomic E-state index is -0.590. The topological polar surface area (TPSA) is 38.7 Å². The van der Waals surface area contributed by atoms with Crippen LogP contribution < -0.4 is 5.46 Å². The van der Waals surface area contributed by atoms with Crippen LogP contribution in [0.1, 0.15) is 51.3 Å². The normalized spacial score (nSPS) is 26.9. The molecule has 1 saturated heterocycles. The van der Waals surface area contributed by atoms with Crippen LogP contribution in [0, 0.1) is 5.82 Å². The minimum Gasteiger partial charge on any atom is -0.399 e.